The third kappa shape index (κ3) is 7.66. The maximum absolute atomic E-state index is 12.3. The predicted octanol–water partition coefficient (Wildman–Crippen LogP) is 3.12. The van der Waals surface area contributed by atoms with Crippen molar-refractivity contribution in [3.63, 3.8) is 0 Å². The molecule has 0 aromatic rings. The van der Waals surface area contributed by atoms with Crippen molar-refractivity contribution in [2.75, 3.05) is 6.61 Å². The average Bonchev–Trinajstić information content (AvgIpc) is 2.03. The van der Waals surface area contributed by atoms with Crippen molar-refractivity contribution in [1.82, 2.24) is 0 Å². The second-order valence-corrected chi connectivity index (χ2v) is 3.18. The van der Waals surface area contributed by atoms with E-state index in [4.69, 9.17) is 4.74 Å². The first-order chi connectivity index (χ1) is 5.99. The van der Waals surface area contributed by atoms with Crippen molar-refractivity contribution < 1.29 is 13.5 Å². The summed E-state index contributed by atoms with van der Waals surface area (Å²) in [5.41, 5.74) is -2.88. The second kappa shape index (κ2) is 5.87. The van der Waals surface area contributed by atoms with Gasteiger partial charge in [-0.15, -0.1) is 0 Å². The maximum Gasteiger partial charge on any atom is 0.291 e. The minimum absolute atomic E-state index is 0.405. The standard InChI is InChI=1S/C9H13F2OP/c1-3-5-6-8(4-2)12-7-9(10,11)13/h3-6H,1,7,13H2,2H3/b6-5-,8-4+. The molecule has 0 aromatic heterocycles. The zero-order valence-corrected chi connectivity index (χ0v) is 8.62. The Morgan fingerprint density at radius 2 is 2.23 bits per heavy atom. The summed E-state index contributed by atoms with van der Waals surface area (Å²) >= 11 is 0. The van der Waals surface area contributed by atoms with E-state index in [1.807, 2.05) is 0 Å². The van der Waals surface area contributed by atoms with Crippen molar-refractivity contribution in [2.45, 2.75) is 12.6 Å². The molecule has 0 aliphatic rings. The van der Waals surface area contributed by atoms with E-state index in [1.165, 1.54) is 9.24 Å². The van der Waals surface area contributed by atoms with Gasteiger partial charge in [-0.1, -0.05) is 28.0 Å². The van der Waals surface area contributed by atoms with Gasteiger partial charge in [0.05, 0.1) is 0 Å². The highest BCUT2D eigenvalue weighted by Crippen LogP contribution is 2.23. The van der Waals surface area contributed by atoms with Crippen LogP contribution in [0.15, 0.2) is 36.6 Å². The third-order valence-electron chi connectivity index (χ3n) is 1.11. The zero-order valence-electron chi connectivity index (χ0n) is 7.47. The van der Waals surface area contributed by atoms with Crippen LogP contribution in [0, 0.1) is 0 Å². The smallest absolute Gasteiger partial charge is 0.291 e. The highest BCUT2D eigenvalue weighted by atomic mass is 31.0. The molecule has 13 heavy (non-hydrogen) atoms. The molecule has 0 rings (SSSR count). The van der Waals surface area contributed by atoms with Gasteiger partial charge in [0.15, 0.2) is 6.61 Å². The van der Waals surface area contributed by atoms with E-state index in [1.54, 1.807) is 31.2 Å². The fraction of sp³-hybridized carbons (Fsp3) is 0.333. The van der Waals surface area contributed by atoms with Gasteiger partial charge in [-0.2, -0.15) is 8.78 Å². The Kier molecular flexibility index (Phi) is 5.56. The first-order valence-corrected chi connectivity index (χ1v) is 4.32. The molecule has 0 saturated carbocycles. The topological polar surface area (TPSA) is 9.23 Å². The van der Waals surface area contributed by atoms with Crippen molar-refractivity contribution in [3.05, 3.63) is 36.6 Å². The highest BCUT2D eigenvalue weighted by Gasteiger charge is 2.22. The number of alkyl halides is 2. The van der Waals surface area contributed by atoms with Crippen LogP contribution in [-0.2, 0) is 4.74 Å². The summed E-state index contributed by atoms with van der Waals surface area (Å²) in [5.74, 6) is 0.405. The van der Waals surface area contributed by atoms with Gasteiger partial charge in [-0.25, -0.2) is 0 Å². The third-order valence-corrected chi connectivity index (χ3v) is 1.28. The lowest BCUT2D eigenvalue weighted by molar-refractivity contribution is 0.0208. The Hall–Kier alpha value is -0.690. The number of rotatable bonds is 5. The molecular weight excluding hydrogens is 193 g/mol. The summed E-state index contributed by atoms with van der Waals surface area (Å²) in [7, 11) is 1.42. The molecule has 0 bridgehead atoms. The first kappa shape index (κ1) is 12.3. The lowest BCUT2D eigenvalue weighted by Crippen LogP contribution is -2.14. The number of halogens is 2. The Bertz CT molecular complexity index is 216. The van der Waals surface area contributed by atoms with Gasteiger partial charge in [0, 0.05) is 0 Å². The Morgan fingerprint density at radius 3 is 2.62 bits per heavy atom. The summed E-state index contributed by atoms with van der Waals surface area (Å²) < 4.78 is 29.4. The Labute approximate surface area is 79.4 Å². The molecule has 0 aromatic carbocycles. The highest BCUT2D eigenvalue weighted by molar-refractivity contribution is 7.18. The monoisotopic (exact) mass is 206 g/mol. The van der Waals surface area contributed by atoms with Gasteiger partial charge in [0.2, 0.25) is 0 Å². The van der Waals surface area contributed by atoms with Crippen LogP contribution in [0.25, 0.3) is 0 Å². The fourth-order valence-corrected chi connectivity index (χ4v) is 0.653. The lowest BCUT2D eigenvalue weighted by atomic mass is 10.4. The molecule has 0 aliphatic heterocycles. The molecule has 0 fully saturated rings. The molecule has 1 atom stereocenters. The van der Waals surface area contributed by atoms with Crippen molar-refractivity contribution >= 4 is 9.24 Å². The molecular formula is C9H13F2OP. The van der Waals surface area contributed by atoms with Crippen LogP contribution >= 0.6 is 9.24 Å². The van der Waals surface area contributed by atoms with E-state index in [2.05, 4.69) is 6.58 Å². The Balaban J connectivity index is 4.02. The first-order valence-electron chi connectivity index (χ1n) is 3.74. The largest absolute Gasteiger partial charge is 0.487 e. The lowest BCUT2D eigenvalue weighted by Gasteiger charge is -2.11. The summed E-state index contributed by atoms with van der Waals surface area (Å²) in [6, 6.07) is 0. The van der Waals surface area contributed by atoms with Crippen LogP contribution in [0.3, 0.4) is 0 Å². The van der Waals surface area contributed by atoms with E-state index in [0.717, 1.165) is 0 Å². The SMILES string of the molecule is C=C/C=C\C(=C/C)OCC(F)(F)P. The van der Waals surface area contributed by atoms with Gasteiger partial charge in [-0.05, 0) is 19.1 Å². The zero-order chi connectivity index (χ0) is 10.3. The Morgan fingerprint density at radius 1 is 1.62 bits per heavy atom. The van der Waals surface area contributed by atoms with E-state index in [0.29, 0.717) is 5.76 Å². The van der Waals surface area contributed by atoms with E-state index < -0.39 is 12.3 Å². The van der Waals surface area contributed by atoms with Gasteiger partial charge >= 0.3 is 0 Å². The molecule has 0 aliphatic carbocycles. The molecule has 0 radical (unpaired) electrons. The van der Waals surface area contributed by atoms with Crippen LogP contribution in [0.1, 0.15) is 6.92 Å². The number of hydrogen-bond acceptors (Lipinski definition) is 1. The van der Waals surface area contributed by atoms with Crippen LogP contribution < -0.4 is 0 Å². The van der Waals surface area contributed by atoms with Crippen molar-refractivity contribution in [1.29, 1.82) is 0 Å². The number of ether oxygens (including phenoxy) is 1. The summed E-state index contributed by atoms with van der Waals surface area (Å²) in [6.45, 7) is 4.53. The summed E-state index contributed by atoms with van der Waals surface area (Å²) in [6.07, 6.45) is 6.35. The molecule has 1 nitrogen and oxygen atoms in total. The molecule has 0 spiro atoms. The van der Waals surface area contributed by atoms with Gasteiger partial charge in [-0.3, -0.25) is 0 Å². The second-order valence-electron chi connectivity index (χ2n) is 2.34. The number of allylic oxidation sites excluding steroid dienone is 4. The van der Waals surface area contributed by atoms with Gasteiger partial charge < -0.3 is 4.74 Å². The molecule has 4 heteroatoms. The average molecular weight is 206 g/mol. The molecule has 1 unspecified atom stereocenters. The number of hydrogen-bond donors (Lipinski definition) is 0. The van der Waals surface area contributed by atoms with Gasteiger partial charge in [0.1, 0.15) is 5.76 Å². The maximum atomic E-state index is 12.3. The van der Waals surface area contributed by atoms with E-state index >= 15 is 0 Å². The molecule has 0 saturated heterocycles. The van der Waals surface area contributed by atoms with Crippen molar-refractivity contribution in [3.8, 4) is 0 Å². The minimum Gasteiger partial charge on any atom is -0.487 e. The molecule has 74 valence electrons. The van der Waals surface area contributed by atoms with Crippen LogP contribution in [0.4, 0.5) is 8.78 Å². The van der Waals surface area contributed by atoms with Crippen LogP contribution in [0.2, 0.25) is 0 Å². The van der Waals surface area contributed by atoms with E-state index in [9.17, 15) is 8.78 Å². The van der Waals surface area contributed by atoms with E-state index in [-0.39, 0.29) is 0 Å². The fourth-order valence-electron chi connectivity index (χ4n) is 0.570. The van der Waals surface area contributed by atoms with Crippen LogP contribution in [-0.4, -0.2) is 12.3 Å². The molecule has 0 N–H and O–H groups in total. The molecule has 0 amide bonds. The van der Waals surface area contributed by atoms with Gasteiger partial charge in [0.25, 0.3) is 5.66 Å². The normalized spacial score (nSPS) is 13.4. The quantitative estimate of drug-likeness (QED) is 0.381. The van der Waals surface area contributed by atoms with Crippen molar-refractivity contribution in [2.24, 2.45) is 0 Å². The summed E-state index contributed by atoms with van der Waals surface area (Å²) in [4.78, 5) is 0. The minimum atomic E-state index is -2.88. The summed E-state index contributed by atoms with van der Waals surface area (Å²) in [5, 5.41) is 0. The predicted molar refractivity (Wildman–Crippen MR) is 53.7 cm³/mol. The molecule has 0 heterocycles. The van der Waals surface area contributed by atoms with Crippen LogP contribution in [0.5, 0.6) is 0 Å².